The summed E-state index contributed by atoms with van der Waals surface area (Å²) in [4.78, 5) is 0. The monoisotopic (exact) mass is 317 g/mol. The van der Waals surface area contributed by atoms with E-state index < -0.39 is 0 Å². The third-order valence-corrected chi connectivity index (χ3v) is 4.83. The van der Waals surface area contributed by atoms with Crippen LogP contribution in [0.5, 0.6) is 5.75 Å². The van der Waals surface area contributed by atoms with Gasteiger partial charge in [0, 0.05) is 6.04 Å². The molecule has 118 valence electrons. The molecule has 4 nitrogen and oxygen atoms in total. The van der Waals surface area contributed by atoms with Gasteiger partial charge in [0.1, 0.15) is 5.75 Å². The molecule has 2 fully saturated rings. The summed E-state index contributed by atoms with van der Waals surface area (Å²) in [5.41, 5.74) is 3.93. The summed E-state index contributed by atoms with van der Waals surface area (Å²) in [6, 6.07) is 8.37. The number of thiocarbonyl (C=S) groups is 1. The Morgan fingerprint density at radius 2 is 2.14 bits per heavy atom. The van der Waals surface area contributed by atoms with E-state index in [-0.39, 0.29) is 0 Å². The van der Waals surface area contributed by atoms with Crippen molar-refractivity contribution in [2.24, 2.45) is 16.9 Å². The molecular formula is C17H23N3OS. The number of rotatable bonds is 5. The highest BCUT2D eigenvalue weighted by molar-refractivity contribution is 7.80. The van der Waals surface area contributed by atoms with Crippen LogP contribution in [-0.4, -0.2) is 24.0 Å². The lowest BCUT2D eigenvalue weighted by Gasteiger charge is -2.23. The maximum absolute atomic E-state index is 5.41. The second-order valence-electron chi connectivity index (χ2n) is 6.13. The number of benzene rings is 1. The standard InChI is InChI=1S/C17H23N3OS/c1-2-21-15-7-4-12(5-8-15)11-18-20-17(22)19-16-10-13-3-6-14(16)9-13/h4-5,7-8,11,13-14,16H,2-3,6,9-10H2,1H3,(H2,19,20,22)/b18-11-/t13-,14+,16+/m0/s1. The molecule has 22 heavy (non-hydrogen) atoms. The van der Waals surface area contributed by atoms with Gasteiger partial charge in [-0.1, -0.05) is 6.42 Å². The van der Waals surface area contributed by atoms with E-state index in [0.29, 0.717) is 17.8 Å². The molecule has 0 saturated heterocycles. The number of fused-ring (bicyclic) bond motifs is 2. The molecule has 3 rings (SSSR count). The average molecular weight is 317 g/mol. The van der Waals surface area contributed by atoms with Crippen LogP contribution in [0.4, 0.5) is 0 Å². The van der Waals surface area contributed by atoms with Gasteiger partial charge in [-0.05, 0) is 80.1 Å². The maximum atomic E-state index is 5.41. The van der Waals surface area contributed by atoms with Crippen LogP contribution in [0.15, 0.2) is 29.4 Å². The quantitative estimate of drug-likeness (QED) is 0.498. The molecule has 5 heteroatoms. The fourth-order valence-corrected chi connectivity index (χ4v) is 3.81. The predicted molar refractivity (Wildman–Crippen MR) is 93.3 cm³/mol. The number of hydrogen-bond acceptors (Lipinski definition) is 3. The third-order valence-electron chi connectivity index (χ3n) is 4.63. The molecule has 1 aromatic carbocycles. The zero-order valence-corrected chi connectivity index (χ0v) is 13.7. The molecule has 2 aliphatic rings. The Morgan fingerprint density at radius 3 is 2.77 bits per heavy atom. The minimum Gasteiger partial charge on any atom is -0.494 e. The Balaban J connectivity index is 1.44. The Morgan fingerprint density at radius 1 is 1.32 bits per heavy atom. The molecule has 0 amide bonds. The van der Waals surface area contributed by atoms with Crippen molar-refractivity contribution in [1.82, 2.24) is 10.7 Å². The van der Waals surface area contributed by atoms with Crippen molar-refractivity contribution in [1.29, 1.82) is 0 Å². The number of nitrogens with one attached hydrogen (secondary N) is 2. The lowest BCUT2D eigenvalue weighted by Crippen LogP contribution is -2.42. The first-order chi connectivity index (χ1) is 10.7. The van der Waals surface area contributed by atoms with Gasteiger partial charge < -0.3 is 10.1 Å². The summed E-state index contributed by atoms with van der Waals surface area (Å²) in [6.45, 7) is 2.65. The SMILES string of the molecule is CCOc1ccc(/C=N\NC(=S)N[C@@H]2C[C@H]3CC[C@@H]2C3)cc1. The van der Waals surface area contributed by atoms with Crippen LogP contribution in [0, 0.1) is 11.8 Å². The average Bonchev–Trinajstić information content (AvgIpc) is 3.12. The van der Waals surface area contributed by atoms with Gasteiger partial charge >= 0.3 is 0 Å². The van der Waals surface area contributed by atoms with E-state index in [9.17, 15) is 0 Å². The molecule has 1 aromatic rings. The Hall–Kier alpha value is -1.62. The van der Waals surface area contributed by atoms with Crippen LogP contribution in [0.2, 0.25) is 0 Å². The van der Waals surface area contributed by atoms with Crippen LogP contribution in [0.1, 0.15) is 38.2 Å². The van der Waals surface area contributed by atoms with Crippen molar-refractivity contribution >= 4 is 23.5 Å². The molecule has 0 unspecified atom stereocenters. The van der Waals surface area contributed by atoms with Gasteiger partial charge in [0.05, 0.1) is 12.8 Å². The van der Waals surface area contributed by atoms with E-state index in [1.807, 2.05) is 31.2 Å². The van der Waals surface area contributed by atoms with Crippen molar-refractivity contribution in [2.45, 2.75) is 38.6 Å². The van der Waals surface area contributed by atoms with E-state index in [0.717, 1.165) is 23.1 Å². The first-order valence-corrected chi connectivity index (χ1v) is 8.48. The Kier molecular flexibility index (Phi) is 4.93. The lowest BCUT2D eigenvalue weighted by atomic mass is 9.96. The molecule has 0 spiro atoms. The minimum absolute atomic E-state index is 0.541. The van der Waals surface area contributed by atoms with E-state index in [2.05, 4.69) is 15.8 Å². The van der Waals surface area contributed by atoms with E-state index in [1.165, 1.54) is 25.7 Å². The fourth-order valence-electron chi connectivity index (χ4n) is 3.60. The van der Waals surface area contributed by atoms with E-state index >= 15 is 0 Å². The summed E-state index contributed by atoms with van der Waals surface area (Å²) >= 11 is 5.32. The summed E-state index contributed by atoms with van der Waals surface area (Å²) in [5, 5.41) is 8.24. The molecule has 0 aliphatic heterocycles. The molecule has 0 heterocycles. The van der Waals surface area contributed by atoms with Crippen molar-refractivity contribution in [2.75, 3.05) is 6.61 Å². The highest BCUT2D eigenvalue weighted by Gasteiger charge is 2.39. The van der Waals surface area contributed by atoms with Gasteiger partial charge in [-0.25, -0.2) is 0 Å². The molecule has 2 N–H and O–H groups in total. The second kappa shape index (κ2) is 7.09. The second-order valence-corrected chi connectivity index (χ2v) is 6.54. The van der Waals surface area contributed by atoms with Gasteiger partial charge in [-0.3, -0.25) is 5.43 Å². The smallest absolute Gasteiger partial charge is 0.187 e. The van der Waals surface area contributed by atoms with Gasteiger partial charge in [0.25, 0.3) is 0 Å². The third kappa shape index (κ3) is 3.77. The molecule has 2 aliphatic carbocycles. The van der Waals surface area contributed by atoms with Gasteiger partial charge in [-0.15, -0.1) is 0 Å². The zero-order valence-electron chi connectivity index (χ0n) is 12.9. The zero-order chi connectivity index (χ0) is 15.4. The number of ether oxygens (including phenoxy) is 1. The molecule has 3 atom stereocenters. The lowest BCUT2D eigenvalue weighted by molar-refractivity contribution is 0.340. The van der Waals surface area contributed by atoms with Gasteiger partial charge in [0.15, 0.2) is 5.11 Å². The Labute approximate surface area is 137 Å². The van der Waals surface area contributed by atoms with Crippen LogP contribution >= 0.6 is 12.2 Å². The van der Waals surface area contributed by atoms with Crippen LogP contribution in [0.25, 0.3) is 0 Å². The van der Waals surface area contributed by atoms with Crippen molar-refractivity contribution in [3.63, 3.8) is 0 Å². The van der Waals surface area contributed by atoms with Crippen molar-refractivity contribution < 1.29 is 4.74 Å². The van der Waals surface area contributed by atoms with E-state index in [4.69, 9.17) is 17.0 Å². The first kappa shape index (κ1) is 15.3. The van der Waals surface area contributed by atoms with Crippen molar-refractivity contribution in [3.8, 4) is 5.75 Å². The predicted octanol–water partition coefficient (Wildman–Crippen LogP) is 3.07. The number of hydrogen-bond donors (Lipinski definition) is 2. The highest BCUT2D eigenvalue weighted by Crippen LogP contribution is 2.44. The largest absolute Gasteiger partial charge is 0.494 e. The molecule has 2 saturated carbocycles. The molecular weight excluding hydrogens is 294 g/mol. The summed E-state index contributed by atoms with van der Waals surface area (Å²) in [5.74, 6) is 2.60. The maximum Gasteiger partial charge on any atom is 0.187 e. The summed E-state index contributed by atoms with van der Waals surface area (Å²) < 4.78 is 5.41. The summed E-state index contributed by atoms with van der Waals surface area (Å²) in [6.07, 6.45) is 7.15. The normalized spacial score (nSPS) is 26.3. The number of nitrogens with zero attached hydrogens (tertiary/aromatic N) is 1. The highest BCUT2D eigenvalue weighted by atomic mass is 32.1. The molecule has 2 bridgehead atoms. The van der Waals surface area contributed by atoms with Gasteiger partial charge in [0.2, 0.25) is 0 Å². The molecule has 0 aromatic heterocycles. The first-order valence-electron chi connectivity index (χ1n) is 8.07. The van der Waals surface area contributed by atoms with E-state index in [1.54, 1.807) is 6.21 Å². The van der Waals surface area contributed by atoms with Crippen molar-refractivity contribution in [3.05, 3.63) is 29.8 Å². The number of hydrazone groups is 1. The van der Waals surface area contributed by atoms with Crippen LogP contribution in [-0.2, 0) is 0 Å². The fraction of sp³-hybridized carbons (Fsp3) is 0.529. The van der Waals surface area contributed by atoms with Crippen LogP contribution in [0.3, 0.4) is 0 Å². The topological polar surface area (TPSA) is 45.6 Å². The Bertz CT molecular complexity index is 543. The van der Waals surface area contributed by atoms with Gasteiger partial charge in [-0.2, -0.15) is 5.10 Å². The van der Waals surface area contributed by atoms with Crippen LogP contribution < -0.4 is 15.5 Å². The minimum atomic E-state index is 0.541. The molecule has 0 radical (unpaired) electrons. The summed E-state index contributed by atoms with van der Waals surface area (Å²) in [7, 11) is 0.